The lowest BCUT2D eigenvalue weighted by Gasteiger charge is -2.36. The fourth-order valence-electron chi connectivity index (χ4n) is 2.14. The van der Waals surface area contributed by atoms with E-state index in [1.54, 1.807) is 0 Å². The van der Waals surface area contributed by atoms with Crippen LogP contribution in [-0.2, 0) is 15.6 Å². The lowest BCUT2D eigenvalue weighted by atomic mass is 9.98. The molecule has 0 heterocycles. The minimum Gasteiger partial charge on any atom is -0.465 e. The molecule has 0 aliphatic carbocycles. The summed E-state index contributed by atoms with van der Waals surface area (Å²) in [5, 5.41) is 0.230. The number of benzene rings is 1. The number of rotatable bonds is 6. The molecule has 0 bridgehead atoms. The van der Waals surface area contributed by atoms with E-state index in [2.05, 4.69) is 33.9 Å². The maximum absolute atomic E-state index is 11.9. The molecule has 22 heavy (non-hydrogen) atoms. The fraction of sp³-hybridized carbons (Fsp3) is 0.611. The van der Waals surface area contributed by atoms with Crippen molar-refractivity contribution in [3.8, 4) is 0 Å². The molecule has 1 aromatic carbocycles. The first-order valence-corrected chi connectivity index (χ1v) is 10.8. The van der Waals surface area contributed by atoms with Crippen molar-refractivity contribution in [3.05, 3.63) is 34.9 Å². The van der Waals surface area contributed by atoms with E-state index in [-0.39, 0.29) is 11.0 Å². The van der Waals surface area contributed by atoms with Crippen molar-refractivity contribution in [1.29, 1.82) is 0 Å². The lowest BCUT2D eigenvalue weighted by Crippen LogP contribution is -2.41. The summed E-state index contributed by atoms with van der Waals surface area (Å²) in [4.78, 5) is 11.9. The van der Waals surface area contributed by atoms with Crippen LogP contribution in [0, 0.1) is 6.92 Å². The molecule has 0 unspecified atom stereocenters. The molecule has 0 aliphatic rings. The minimum absolute atomic E-state index is 0.230. The molecule has 4 heteroatoms. The Kier molecular flexibility index (Phi) is 6.38. The second kappa shape index (κ2) is 7.42. The van der Waals surface area contributed by atoms with Crippen LogP contribution in [0.25, 0.3) is 0 Å². The first kappa shape index (κ1) is 18.9. The fourth-order valence-corrected chi connectivity index (χ4v) is 3.23. The third kappa shape index (κ3) is 4.68. The normalized spacial score (nSPS) is 12.3. The first-order valence-electron chi connectivity index (χ1n) is 7.91. The Balaban J connectivity index is 2.67. The van der Waals surface area contributed by atoms with Gasteiger partial charge in [0, 0.05) is 6.61 Å². The first-order chi connectivity index (χ1) is 10.1. The second-order valence-corrected chi connectivity index (χ2v) is 12.1. The Morgan fingerprint density at radius 1 is 1.23 bits per heavy atom. The molecule has 0 amide bonds. The highest BCUT2D eigenvalue weighted by Gasteiger charge is 2.36. The smallest absolute Gasteiger partial charge is 0.338 e. The average molecular weight is 323 g/mol. The lowest BCUT2D eigenvalue weighted by molar-refractivity contribution is 0.0598. The highest BCUT2D eigenvalue weighted by atomic mass is 28.4. The quantitative estimate of drug-likeness (QED) is 0.431. The van der Waals surface area contributed by atoms with E-state index in [0.29, 0.717) is 5.56 Å². The molecule has 0 aromatic heterocycles. The zero-order chi connectivity index (χ0) is 17.0. The molecular formula is C18H30O3Si. The number of methoxy groups -OCH3 is 1. The monoisotopic (exact) mass is 322 g/mol. The summed E-state index contributed by atoms with van der Waals surface area (Å²) in [6.07, 6.45) is 1.75. The van der Waals surface area contributed by atoms with Gasteiger partial charge in [-0.15, -0.1) is 0 Å². The summed E-state index contributed by atoms with van der Waals surface area (Å²) >= 11 is 0. The maximum Gasteiger partial charge on any atom is 0.338 e. The Hall–Kier alpha value is -1.13. The number of carbonyl (C=O) groups is 1. The topological polar surface area (TPSA) is 35.5 Å². The third-order valence-electron chi connectivity index (χ3n) is 4.61. The number of hydrogen-bond donors (Lipinski definition) is 0. The minimum atomic E-state index is -1.69. The van der Waals surface area contributed by atoms with Gasteiger partial charge >= 0.3 is 5.97 Å². The van der Waals surface area contributed by atoms with Crippen molar-refractivity contribution < 1.29 is 14.0 Å². The van der Waals surface area contributed by atoms with Gasteiger partial charge in [0.2, 0.25) is 0 Å². The summed E-state index contributed by atoms with van der Waals surface area (Å²) in [6, 6.07) is 5.94. The van der Waals surface area contributed by atoms with Gasteiger partial charge in [0.05, 0.1) is 12.7 Å². The van der Waals surface area contributed by atoms with Gasteiger partial charge < -0.3 is 9.16 Å². The van der Waals surface area contributed by atoms with Gasteiger partial charge in [-0.2, -0.15) is 0 Å². The number of carbonyl (C=O) groups excluding carboxylic acids is 1. The van der Waals surface area contributed by atoms with E-state index in [9.17, 15) is 4.79 Å². The molecular weight excluding hydrogens is 292 g/mol. The van der Waals surface area contributed by atoms with Gasteiger partial charge in [0.15, 0.2) is 8.32 Å². The number of ether oxygens (including phenoxy) is 1. The van der Waals surface area contributed by atoms with Crippen molar-refractivity contribution in [2.24, 2.45) is 0 Å². The molecule has 0 saturated heterocycles. The van der Waals surface area contributed by atoms with Crippen LogP contribution in [-0.4, -0.2) is 28.0 Å². The molecule has 1 aromatic rings. The van der Waals surface area contributed by atoms with Crippen LogP contribution >= 0.6 is 0 Å². The van der Waals surface area contributed by atoms with Gasteiger partial charge in [0.1, 0.15) is 0 Å². The predicted molar refractivity (Wildman–Crippen MR) is 94.0 cm³/mol. The van der Waals surface area contributed by atoms with E-state index >= 15 is 0 Å². The molecule has 3 nitrogen and oxygen atoms in total. The zero-order valence-electron chi connectivity index (χ0n) is 15.1. The van der Waals surface area contributed by atoms with Crippen LogP contribution in [0.4, 0.5) is 0 Å². The zero-order valence-corrected chi connectivity index (χ0v) is 16.1. The largest absolute Gasteiger partial charge is 0.465 e. The Morgan fingerprint density at radius 3 is 2.41 bits per heavy atom. The molecule has 0 N–H and O–H groups in total. The SMILES string of the molecule is COC(=O)c1c(C)cccc1CCCO[Si](C)(C)C(C)(C)C. The maximum atomic E-state index is 11.9. The summed E-state index contributed by atoms with van der Waals surface area (Å²) in [7, 11) is -0.258. The number of hydrogen-bond acceptors (Lipinski definition) is 3. The summed E-state index contributed by atoms with van der Waals surface area (Å²) in [5.74, 6) is -0.251. The van der Waals surface area contributed by atoms with E-state index in [4.69, 9.17) is 9.16 Å². The number of esters is 1. The Labute approximate surface area is 136 Å². The van der Waals surface area contributed by atoms with Gasteiger partial charge in [-0.3, -0.25) is 0 Å². The Morgan fingerprint density at radius 2 is 1.86 bits per heavy atom. The summed E-state index contributed by atoms with van der Waals surface area (Å²) in [6.45, 7) is 13.9. The average Bonchev–Trinajstić information content (AvgIpc) is 2.41. The third-order valence-corrected chi connectivity index (χ3v) is 9.15. The van der Waals surface area contributed by atoms with Crippen molar-refractivity contribution in [3.63, 3.8) is 0 Å². The standard InChI is InChI=1S/C18H30O3Si/c1-14-10-8-11-15(16(14)17(19)20-5)12-9-13-21-22(6,7)18(2,3)4/h8,10-11H,9,12-13H2,1-7H3. The molecule has 0 spiro atoms. The van der Waals surface area contributed by atoms with E-state index < -0.39 is 8.32 Å². The molecule has 0 saturated carbocycles. The van der Waals surface area contributed by atoms with Crippen LogP contribution in [0.3, 0.4) is 0 Å². The van der Waals surface area contributed by atoms with Crippen molar-refractivity contribution in [1.82, 2.24) is 0 Å². The second-order valence-electron chi connectivity index (χ2n) is 7.31. The van der Waals surface area contributed by atoms with Gasteiger partial charge in [-0.1, -0.05) is 39.0 Å². The Bertz CT molecular complexity index is 516. The van der Waals surface area contributed by atoms with Crippen LogP contribution in [0.2, 0.25) is 18.1 Å². The van der Waals surface area contributed by atoms with Gasteiger partial charge in [0.25, 0.3) is 0 Å². The highest BCUT2D eigenvalue weighted by Crippen LogP contribution is 2.36. The summed E-state index contributed by atoms with van der Waals surface area (Å²) in [5.41, 5.74) is 2.72. The van der Waals surface area contributed by atoms with Gasteiger partial charge in [-0.25, -0.2) is 4.79 Å². The molecule has 0 radical (unpaired) electrons. The molecule has 0 aliphatic heterocycles. The molecule has 124 valence electrons. The molecule has 1 rings (SSSR count). The van der Waals surface area contributed by atoms with Crippen molar-refractivity contribution >= 4 is 14.3 Å². The van der Waals surface area contributed by atoms with Crippen LogP contribution < -0.4 is 0 Å². The summed E-state index contributed by atoms with van der Waals surface area (Å²) < 4.78 is 11.1. The molecule has 0 fully saturated rings. The van der Waals surface area contributed by atoms with Crippen molar-refractivity contribution in [2.75, 3.05) is 13.7 Å². The van der Waals surface area contributed by atoms with Crippen molar-refractivity contribution in [2.45, 2.75) is 58.7 Å². The molecule has 0 atom stereocenters. The van der Waals surface area contributed by atoms with Crippen LogP contribution in [0.15, 0.2) is 18.2 Å². The highest BCUT2D eigenvalue weighted by molar-refractivity contribution is 6.74. The number of aryl methyl sites for hydroxylation is 2. The van der Waals surface area contributed by atoms with E-state index in [0.717, 1.165) is 30.6 Å². The van der Waals surface area contributed by atoms with E-state index in [1.807, 2.05) is 25.1 Å². The van der Waals surface area contributed by atoms with E-state index in [1.165, 1.54) is 7.11 Å². The van der Waals surface area contributed by atoms with Gasteiger partial charge in [-0.05, 0) is 49.0 Å². The predicted octanol–water partition coefficient (Wildman–Crippen LogP) is 4.74. The van der Waals surface area contributed by atoms with Crippen LogP contribution in [0.5, 0.6) is 0 Å². The van der Waals surface area contributed by atoms with Crippen LogP contribution in [0.1, 0.15) is 48.7 Å².